The van der Waals surface area contributed by atoms with Gasteiger partial charge in [0.15, 0.2) is 34.7 Å². The lowest BCUT2D eigenvalue weighted by atomic mass is 10.0. The summed E-state index contributed by atoms with van der Waals surface area (Å²) in [5.74, 6) is 3.07. The SMILES string of the molecule is C=C1CCc2c1ccc1c2c2cc(C(C)=O)ccc2n1CCCN(C)C.CCN(CC)CCn1c2ccc(C(C)=O)cc2c2c(OC)cccc21.COc1cc2c(cc1C(C)=O)c1cc(C(C)=O)c(OC)cc1n2CCC1CCCN1C.COc1cc2c(cc1C(C)=O)c1cc(C(C)=O)c(OC)cc1n2CCNC(C)C. The largest absolute Gasteiger partial charge is 0.496 e. The van der Waals surface area contributed by atoms with Crippen molar-refractivity contribution in [3.8, 4) is 28.7 Å². The topological polar surface area (TPSA) is 190 Å². The Morgan fingerprint density at radius 1 is 0.477 bits per heavy atom. The first-order chi connectivity index (χ1) is 53.2. The van der Waals surface area contributed by atoms with Gasteiger partial charge in [0.05, 0.1) is 85.4 Å². The Kier molecular flexibility index (Phi) is 25.9. The molecule has 111 heavy (non-hydrogen) atoms. The van der Waals surface area contributed by atoms with Crippen molar-refractivity contribution >= 4 is 127 Å². The van der Waals surface area contributed by atoms with Crippen molar-refractivity contribution in [2.24, 2.45) is 0 Å². The molecule has 0 saturated carbocycles. The Labute approximate surface area is 651 Å². The number of benzene rings is 8. The number of allylic oxidation sites excluding steroid dienone is 1. The van der Waals surface area contributed by atoms with E-state index in [2.05, 4.69) is 130 Å². The van der Waals surface area contributed by atoms with E-state index in [-0.39, 0.29) is 34.7 Å². The Morgan fingerprint density at radius 3 is 1.32 bits per heavy atom. The van der Waals surface area contributed by atoms with Crippen LogP contribution in [0.25, 0.3) is 92.8 Å². The Hall–Kier alpha value is -10.4. The van der Waals surface area contributed by atoms with Crippen LogP contribution >= 0.6 is 0 Å². The number of carbonyl (C=O) groups excluding carboxylic acids is 6. The third-order valence-electron chi connectivity index (χ3n) is 22.4. The van der Waals surface area contributed by atoms with E-state index in [0.717, 1.165) is 173 Å². The highest BCUT2D eigenvalue weighted by molar-refractivity contribution is 6.18. The normalized spacial score (nSPS) is 13.6. The average Bonchev–Trinajstić information content (AvgIpc) is 1.59. The molecule has 19 nitrogen and oxygen atoms in total. The molecular formula is C92H110N8O11. The first-order valence-corrected chi connectivity index (χ1v) is 38.9. The second kappa shape index (κ2) is 35.3. The first-order valence-electron chi connectivity index (χ1n) is 38.9. The number of hydrogen-bond donors (Lipinski definition) is 1. The second-order valence-corrected chi connectivity index (χ2v) is 30.0. The third kappa shape index (κ3) is 16.8. The van der Waals surface area contributed by atoms with Gasteiger partial charge in [-0.15, -0.1) is 0 Å². The van der Waals surface area contributed by atoms with Crippen molar-refractivity contribution in [2.75, 3.05) is 96.0 Å². The number of methoxy groups -OCH3 is 5. The van der Waals surface area contributed by atoms with E-state index in [1.165, 1.54) is 65.2 Å². The standard InChI is InChI=1S/C25H30N2O4.C23H28N2O4.C23H26N2O.C21H26N2O2/c1-15(28)18-11-20-21-12-19(16(2)29)25(31-5)14-23(21)27(22(20)13-24(18)30-4)10-8-17-7-6-9-26(17)3;1-13(2)24-7-8-25-20-11-22(28-5)16(14(3)26)9-18(20)19-10-17(15(4)27)23(29-6)12-21(19)25;1-15-6-8-19-18(15)9-11-22-23(19)20-14-17(16(2)26)7-10-21(20)25(22)13-5-12-24(3)4;1-5-22(6-2)12-13-23-18-11-10-16(15(3)24)14-17(18)21-19(23)8-7-9-20(21)25-4/h11-14,17H,6-10H2,1-5H3;9-13,24H,7-8H2,1-6H3;7,9-11,14H,1,5-6,8,12-13H2,2-4H3;7-11,14H,5-6,12-13H2,1-4H3. The molecule has 0 radical (unpaired) electrons. The van der Waals surface area contributed by atoms with Crippen LogP contribution < -0.4 is 29.0 Å². The molecule has 14 rings (SSSR count). The Morgan fingerprint density at radius 2 is 0.910 bits per heavy atom. The third-order valence-corrected chi connectivity index (χ3v) is 22.4. The fraction of sp³-hybridized carbons (Fsp3) is 0.391. The lowest BCUT2D eigenvalue weighted by molar-refractivity contribution is 0.100. The molecule has 12 aromatic rings. The fourth-order valence-electron chi connectivity index (χ4n) is 16.4. The minimum Gasteiger partial charge on any atom is -0.496 e. The number of likely N-dealkylation sites (tertiary alicyclic amines) is 1. The maximum atomic E-state index is 12.3. The van der Waals surface area contributed by atoms with E-state index in [4.69, 9.17) is 23.7 Å². The summed E-state index contributed by atoms with van der Waals surface area (Å²) in [6, 6.07) is 38.9. The summed E-state index contributed by atoms with van der Waals surface area (Å²) in [6.07, 6.45) is 6.66. The molecule has 8 aromatic carbocycles. The van der Waals surface area contributed by atoms with Gasteiger partial charge in [-0.25, -0.2) is 0 Å². The first kappa shape index (κ1) is 81.5. The van der Waals surface area contributed by atoms with Crippen LogP contribution in [0.4, 0.5) is 0 Å². The molecule has 2 aliphatic rings. The van der Waals surface area contributed by atoms with E-state index >= 15 is 0 Å². The van der Waals surface area contributed by atoms with E-state index in [9.17, 15) is 28.8 Å². The molecule has 1 fully saturated rings. The quantitative estimate of drug-likeness (QED) is 0.0478. The number of aryl methyl sites for hydroxylation is 3. The van der Waals surface area contributed by atoms with Crippen LogP contribution in [0.5, 0.6) is 28.7 Å². The number of nitrogens with one attached hydrogen (secondary N) is 1. The summed E-state index contributed by atoms with van der Waals surface area (Å²) in [6.45, 7) is 31.8. The summed E-state index contributed by atoms with van der Waals surface area (Å²) in [5.41, 5.74) is 16.3. The van der Waals surface area contributed by atoms with Gasteiger partial charge in [-0.3, -0.25) is 28.8 Å². The Bertz CT molecular complexity index is 5430. The predicted molar refractivity (Wildman–Crippen MR) is 452 cm³/mol. The van der Waals surface area contributed by atoms with Crippen molar-refractivity contribution in [3.63, 3.8) is 0 Å². The van der Waals surface area contributed by atoms with Gasteiger partial charge in [0.1, 0.15) is 28.7 Å². The molecule has 1 aliphatic carbocycles. The lowest BCUT2D eigenvalue weighted by Crippen LogP contribution is -2.26. The minimum absolute atomic E-state index is 0.0486. The fourth-order valence-corrected chi connectivity index (χ4v) is 16.4. The number of likely N-dealkylation sites (N-methyl/N-ethyl adjacent to an activating group) is 1. The van der Waals surface area contributed by atoms with Crippen LogP contribution in [0.3, 0.4) is 0 Å². The number of hydrogen-bond acceptors (Lipinski definition) is 15. The van der Waals surface area contributed by atoms with E-state index in [0.29, 0.717) is 57.3 Å². The summed E-state index contributed by atoms with van der Waals surface area (Å²) in [4.78, 5) is 79.7. The molecule has 1 saturated heterocycles. The second-order valence-electron chi connectivity index (χ2n) is 30.0. The van der Waals surface area contributed by atoms with Crippen molar-refractivity contribution in [3.05, 3.63) is 166 Å². The molecule has 0 spiro atoms. The minimum atomic E-state index is -0.0635. The van der Waals surface area contributed by atoms with Gasteiger partial charge < -0.3 is 62.0 Å². The van der Waals surface area contributed by atoms with Gasteiger partial charge in [0.2, 0.25) is 0 Å². The molecule has 0 amide bonds. The summed E-state index contributed by atoms with van der Waals surface area (Å²) in [5, 5.41) is 11.9. The van der Waals surface area contributed by atoms with E-state index < -0.39 is 0 Å². The highest BCUT2D eigenvalue weighted by Gasteiger charge is 2.27. The molecule has 4 aromatic heterocycles. The summed E-state index contributed by atoms with van der Waals surface area (Å²) in [7, 11) is 14.4. The van der Waals surface area contributed by atoms with Crippen LogP contribution in [0.15, 0.2) is 122 Å². The highest BCUT2D eigenvalue weighted by Crippen LogP contribution is 2.44. The van der Waals surface area contributed by atoms with Crippen molar-refractivity contribution < 1.29 is 52.5 Å². The monoisotopic (exact) mass is 1500 g/mol. The van der Waals surface area contributed by atoms with Gasteiger partial charge in [0.25, 0.3) is 0 Å². The van der Waals surface area contributed by atoms with Crippen LogP contribution in [0.1, 0.15) is 175 Å². The number of rotatable bonds is 27. The van der Waals surface area contributed by atoms with Crippen LogP contribution in [0, 0.1) is 0 Å². The molecule has 5 heterocycles. The number of ether oxygens (including phenoxy) is 5. The van der Waals surface area contributed by atoms with Gasteiger partial charge >= 0.3 is 0 Å². The zero-order chi connectivity index (χ0) is 80.0. The smallest absolute Gasteiger partial charge is 0.163 e. The molecular weight excluding hydrogens is 1390 g/mol. The predicted octanol–water partition coefficient (Wildman–Crippen LogP) is 18.2. The molecule has 1 atom stereocenters. The number of fused-ring (bicyclic) bond motifs is 14. The average molecular weight is 1500 g/mol. The number of nitrogens with zero attached hydrogens (tertiary/aromatic N) is 7. The number of carbonyl (C=O) groups is 6. The number of aromatic nitrogens is 4. The van der Waals surface area contributed by atoms with Crippen LogP contribution in [-0.4, -0.2) is 176 Å². The molecule has 1 N–H and O–H groups in total. The van der Waals surface area contributed by atoms with Crippen molar-refractivity contribution in [1.29, 1.82) is 0 Å². The lowest BCUT2D eigenvalue weighted by Gasteiger charge is -2.20. The van der Waals surface area contributed by atoms with E-state index in [1.54, 1.807) is 63.2 Å². The van der Waals surface area contributed by atoms with Gasteiger partial charge in [-0.2, -0.15) is 0 Å². The van der Waals surface area contributed by atoms with Crippen molar-refractivity contribution in [1.82, 2.24) is 38.3 Å². The van der Waals surface area contributed by atoms with Gasteiger partial charge in [0, 0.05) is 146 Å². The zero-order valence-electron chi connectivity index (χ0n) is 68.3. The van der Waals surface area contributed by atoms with Crippen LogP contribution in [-0.2, 0) is 32.6 Å². The molecule has 19 heteroatoms. The highest BCUT2D eigenvalue weighted by atomic mass is 16.5. The molecule has 584 valence electrons. The van der Waals surface area contributed by atoms with Gasteiger partial charge in [-0.05, 0) is 223 Å². The van der Waals surface area contributed by atoms with Crippen molar-refractivity contribution in [2.45, 2.75) is 146 Å². The summed E-state index contributed by atoms with van der Waals surface area (Å²) < 4.78 is 36.9. The molecule has 0 bridgehead atoms. The Balaban J connectivity index is 0.000000147. The maximum Gasteiger partial charge on any atom is 0.163 e. The molecule has 1 unspecified atom stereocenters. The number of ketones is 6. The maximum absolute atomic E-state index is 12.3. The summed E-state index contributed by atoms with van der Waals surface area (Å²) >= 11 is 0. The number of Topliss-reactive ketones (excluding diaryl/α,β-unsaturated/α-hetero) is 6. The van der Waals surface area contributed by atoms with Crippen LogP contribution in [0.2, 0.25) is 0 Å². The van der Waals surface area contributed by atoms with E-state index in [1.807, 2.05) is 78.9 Å². The molecule has 1 aliphatic heterocycles. The zero-order valence-corrected chi connectivity index (χ0v) is 68.3. The van der Waals surface area contributed by atoms with Gasteiger partial charge in [-0.1, -0.05) is 46.4 Å².